The Morgan fingerprint density at radius 2 is 2.38 bits per heavy atom. The smallest absolute Gasteiger partial charge is 0.322 e. The molecule has 1 aliphatic rings. The molecule has 2 rings (SSSR count). The van der Waals surface area contributed by atoms with E-state index in [-0.39, 0.29) is 6.03 Å². The van der Waals surface area contributed by atoms with Crippen molar-refractivity contribution in [1.29, 1.82) is 0 Å². The molecule has 0 spiro atoms. The molecule has 1 aliphatic heterocycles. The van der Waals surface area contributed by atoms with Crippen molar-refractivity contribution in [2.75, 3.05) is 18.0 Å². The second-order valence-corrected chi connectivity index (χ2v) is 3.10. The summed E-state index contributed by atoms with van der Waals surface area (Å²) in [6, 6.07) is 1.92. The number of hydrogen-bond donors (Lipinski definition) is 1. The highest BCUT2D eigenvalue weighted by molar-refractivity contribution is 5.93. The van der Waals surface area contributed by atoms with Gasteiger partial charge in [-0.1, -0.05) is 0 Å². The molecule has 0 unspecified atom stereocenters. The van der Waals surface area contributed by atoms with Gasteiger partial charge in [-0.3, -0.25) is 9.88 Å². The van der Waals surface area contributed by atoms with E-state index in [1.165, 1.54) is 0 Å². The third-order valence-electron chi connectivity index (χ3n) is 2.03. The number of aromatic nitrogens is 1. The molecule has 4 nitrogen and oxygen atoms in total. The maximum atomic E-state index is 11.3. The lowest BCUT2D eigenvalue weighted by molar-refractivity contribution is 0.252. The number of nitrogens with one attached hydrogen (secondary N) is 1. The van der Waals surface area contributed by atoms with Gasteiger partial charge in [0.2, 0.25) is 0 Å². The highest BCUT2D eigenvalue weighted by Gasteiger charge is 2.20. The second kappa shape index (κ2) is 3.05. The van der Waals surface area contributed by atoms with Crippen LogP contribution in [0.2, 0.25) is 0 Å². The molecular weight excluding hydrogens is 166 g/mol. The first kappa shape index (κ1) is 8.04. The first-order chi connectivity index (χ1) is 6.27. The number of amides is 2. The Balaban J connectivity index is 2.29. The standard InChI is InChI=1S/C9H11N3O/c1-7-4-8(6-10-5-7)12-3-2-11-9(12)13/h4-6H,2-3H2,1H3,(H,11,13). The van der Waals surface area contributed by atoms with Crippen LogP contribution < -0.4 is 10.2 Å². The van der Waals surface area contributed by atoms with E-state index in [9.17, 15) is 4.79 Å². The first-order valence-corrected chi connectivity index (χ1v) is 4.24. The number of pyridine rings is 1. The highest BCUT2D eigenvalue weighted by atomic mass is 16.2. The Hall–Kier alpha value is -1.58. The molecule has 0 aromatic carbocycles. The van der Waals surface area contributed by atoms with E-state index in [1.54, 1.807) is 17.3 Å². The average molecular weight is 177 g/mol. The summed E-state index contributed by atoms with van der Waals surface area (Å²) >= 11 is 0. The number of aryl methyl sites for hydroxylation is 1. The number of carbonyl (C=O) groups is 1. The molecule has 0 saturated carbocycles. The lowest BCUT2D eigenvalue weighted by atomic mass is 10.3. The minimum Gasteiger partial charge on any atom is -0.336 e. The molecule has 1 N–H and O–H groups in total. The van der Waals surface area contributed by atoms with Crippen LogP contribution in [0.4, 0.5) is 10.5 Å². The molecule has 0 radical (unpaired) electrons. The Kier molecular flexibility index (Phi) is 1.88. The molecule has 0 aliphatic carbocycles. The van der Waals surface area contributed by atoms with Crippen LogP contribution in [0.15, 0.2) is 18.5 Å². The minimum atomic E-state index is -0.0348. The number of nitrogens with zero attached hydrogens (tertiary/aromatic N) is 2. The van der Waals surface area contributed by atoms with E-state index in [0.717, 1.165) is 17.8 Å². The fraction of sp³-hybridized carbons (Fsp3) is 0.333. The molecule has 13 heavy (non-hydrogen) atoms. The zero-order valence-corrected chi connectivity index (χ0v) is 7.45. The van der Waals surface area contributed by atoms with Gasteiger partial charge in [0.1, 0.15) is 0 Å². The van der Waals surface area contributed by atoms with Crippen LogP contribution in [0, 0.1) is 6.92 Å². The topological polar surface area (TPSA) is 45.2 Å². The van der Waals surface area contributed by atoms with Gasteiger partial charge in [0.05, 0.1) is 11.9 Å². The van der Waals surface area contributed by atoms with Crippen molar-refractivity contribution < 1.29 is 4.79 Å². The van der Waals surface area contributed by atoms with Gasteiger partial charge >= 0.3 is 6.03 Å². The van der Waals surface area contributed by atoms with Gasteiger partial charge in [0.15, 0.2) is 0 Å². The third-order valence-corrected chi connectivity index (χ3v) is 2.03. The Labute approximate surface area is 76.6 Å². The van der Waals surface area contributed by atoms with E-state index in [4.69, 9.17) is 0 Å². The number of rotatable bonds is 1. The summed E-state index contributed by atoms with van der Waals surface area (Å²) < 4.78 is 0. The molecule has 1 aromatic rings. The summed E-state index contributed by atoms with van der Waals surface area (Å²) in [6.07, 6.45) is 3.48. The number of carbonyl (C=O) groups excluding carboxylic acids is 1. The average Bonchev–Trinajstić information content (AvgIpc) is 2.51. The zero-order chi connectivity index (χ0) is 9.26. The summed E-state index contributed by atoms with van der Waals surface area (Å²) in [4.78, 5) is 17.0. The molecule has 2 amide bonds. The number of hydrogen-bond acceptors (Lipinski definition) is 2. The predicted molar refractivity (Wildman–Crippen MR) is 49.7 cm³/mol. The summed E-state index contributed by atoms with van der Waals surface area (Å²) in [5, 5.41) is 2.75. The first-order valence-electron chi connectivity index (χ1n) is 4.24. The highest BCUT2D eigenvalue weighted by Crippen LogP contribution is 2.15. The Bertz CT molecular complexity index is 337. The van der Waals surface area contributed by atoms with Crippen LogP contribution in [-0.2, 0) is 0 Å². The normalized spacial score (nSPS) is 16.1. The van der Waals surface area contributed by atoms with Crippen LogP contribution in [-0.4, -0.2) is 24.1 Å². The van der Waals surface area contributed by atoms with Crippen molar-refractivity contribution >= 4 is 11.7 Å². The molecule has 2 heterocycles. The van der Waals surface area contributed by atoms with Crippen LogP contribution in [0.25, 0.3) is 0 Å². The van der Waals surface area contributed by atoms with Gasteiger partial charge in [-0.05, 0) is 18.6 Å². The van der Waals surface area contributed by atoms with Crippen molar-refractivity contribution in [3.8, 4) is 0 Å². The Morgan fingerprint density at radius 3 is 3.00 bits per heavy atom. The van der Waals surface area contributed by atoms with E-state index in [1.807, 2.05) is 13.0 Å². The van der Waals surface area contributed by atoms with Crippen LogP contribution >= 0.6 is 0 Å². The molecule has 4 heteroatoms. The van der Waals surface area contributed by atoms with Gasteiger partial charge in [-0.2, -0.15) is 0 Å². The molecule has 1 fully saturated rings. The number of anilines is 1. The molecule has 0 atom stereocenters. The molecule has 1 saturated heterocycles. The van der Waals surface area contributed by atoms with Crippen LogP contribution in [0.1, 0.15) is 5.56 Å². The van der Waals surface area contributed by atoms with Crippen LogP contribution in [0.5, 0.6) is 0 Å². The van der Waals surface area contributed by atoms with Gasteiger partial charge in [-0.25, -0.2) is 4.79 Å². The lowest BCUT2D eigenvalue weighted by Crippen LogP contribution is -2.27. The maximum absolute atomic E-state index is 11.3. The van der Waals surface area contributed by atoms with Crippen molar-refractivity contribution in [1.82, 2.24) is 10.3 Å². The third kappa shape index (κ3) is 1.47. The summed E-state index contributed by atoms with van der Waals surface area (Å²) in [5.41, 5.74) is 1.94. The summed E-state index contributed by atoms with van der Waals surface area (Å²) in [5.74, 6) is 0. The quantitative estimate of drug-likeness (QED) is 0.693. The van der Waals surface area contributed by atoms with E-state index in [2.05, 4.69) is 10.3 Å². The molecule has 68 valence electrons. The van der Waals surface area contributed by atoms with Crippen molar-refractivity contribution in [3.63, 3.8) is 0 Å². The van der Waals surface area contributed by atoms with Gasteiger partial charge < -0.3 is 5.32 Å². The zero-order valence-electron chi connectivity index (χ0n) is 7.45. The minimum absolute atomic E-state index is 0.0348. The molecule has 1 aromatic heterocycles. The summed E-state index contributed by atoms with van der Waals surface area (Å²) in [7, 11) is 0. The fourth-order valence-electron chi connectivity index (χ4n) is 1.40. The van der Waals surface area contributed by atoms with Gasteiger partial charge in [0.25, 0.3) is 0 Å². The SMILES string of the molecule is Cc1cncc(N2CCNC2=O)c1. The number of urea groups is 1. The van der Waals surface area contributed by atoms with Crippen molar-refractivity contribution in [2.45, 2.75) is 6.92 Å². The van der Waals surface area contributed by atoms with Crippen molar-refractivity contribution in [2.24, 2.45) is 0 Å². The predicted octanol–water partition coefficient (Wildman–Crippen LogP) is 0.920. The van der Waals surface area contributed by atoms with E-state index < -0.39 is 0 Å². The van der Waals surface area contributed by atoms with Gasteiger partial charge in [0, 0.05) is 19.3 Å². The van der Waals surface area contributed by atoms with E-state index >= 15 is 0 Å². The molecule has 0 bridgehead atoms. The second-order valence-electron chi connectivity index (χ2n) is 3.10. The monoisotopic (exact) mass is 177 g/mol. The lowest BCUT2D eigenvalue weighted by Gasteiger charge is -2.13. The van der Waals surface area contributed by atoms with E-state index in [0.29, 0.717) is 6.54 Å². The van der Waals surface area contributed by atoms with Gasteiger partial charge in [-0.15, -0.1) is 0 Å². The van der Waals surface area contributed by atoms with Crippen molar-refractivity contribution in [3.05, 3.63) is 24.0 Å². The summed E-state index contributed by atoms with van der Waals surface area (Å²) in [6.45, 7) is 3.40. The Morgan fingerprint density at radius 1 is 1.54 bits per heavy atom. The molecular formula is C9H11N3O. The van der Waals surface area contributed by atoms with Crippen LogP contribution in [0.3, 0.4) is 0 Å². The largest absolute Gasteiger partial charge is 0.336 e. The maximum Gasteiger partial charge on any atom is 0.322 e. The fourth-order valence-corrected chi connectivity index (χ4v) is 1.40.